The minimum absolute atomic E-state index is 0.0851. The lowest BCUT2D eigenvalue weighted by Crippen LogP contribution is -2.49. The highest BCUT2D eigenvalue weighted by Gasteiger charge is 2.21. The van der Waals surface area contributed by atoms with Gasteiger partial charge in [-0.05, 0) is 47.8 Å². The van der Waals surface area contributed by atoms with Crippen molar-refractivity contribution in [1.82, 2.24) is 4.98 Å². The van der Waals surface area contributed by atoms with Gasteiger partial charge in [0.25, 0.3) is 0 Å². The summed E-state index contributed by atoms with van der Waals surface area (Å²) >= 11 is 3.29. The van der Waals surface area contributed by atoms with Crippen LogP contribution in [0.15, 0.2) is 27.8 Å². The third kappa shape index (κ3) is 5.53. The third-order valence-corrected chi connectivity index (χ3v) is 5.66. The molecular formula is C17H24BrN5O4S. The molecule has 1 aromatic heterocycles. The number of rotatable bonds is 2. The standard InChI is InChI=1S/C9H12O3S.C8H12BrN5O/c1-6-4-7(2)9(8(3)5-6)13(10,11)12;9-6-5-14(11)7(10)8(12-6)13-1-3-15-4-2-13/h4-5H,1-3H3,(H,10,11,12);5,10H,1-4,11H2. The minimum atomic E-state index is -4.33. The molecule has 1 aliphatic heterocycles. The number of nitrogens with zero attached hydrogens (tertiary/aromatic N) is 3. The molecular weight excluding hydrogens is 450 g/mol. The fourth-order valence-corrected chi connectivity index (χ4v) is 4.35. The molecule has 4 N–H and O–H groups in total. The average molecular weight is 474 g/mol. The molecule has 0 amide bonds. The molecule has 0 bridgehead atoms. The highest BCUT2D eigenvalue weighted by molar-refractivity contribution is 9.10. The van der Waals surface area contributed by atoms with Crippen LogP contribution >= 0.6 is 15.9 Å². The van der Waals surface area contributed by atoms with Crippen LogP contribution in [0.2, 0.25) is 0 Å². The predicted octanol–water partition coefficient (Wildman–Crippen LogP) is 0.780. The van der Waals surface area contributed by atoms with Crippen LogP contribution in [0.3, 0.4) is 0 Å². The quantitative estimate of drug-likeness (QED) is 0.370. The summed E-state index contributed by atoms with van der Waals surface area (Å²) in [5.74, 6) is 6.85. The van der Waals surface area contributed by atoms with E-state index in [0.29, 0.717) is 40.6 Å². The van der Waals surface area contributed by atoms with E-state index in [1.165, 1.54) is 4.68 Å². The fourth-order valence-electron chi connectivity index (χ4n) is 3.06. The van der Waals surface area contributed by atoms with Gasteiger partial charge in [-0.1, -0.05) is 17.7 Å². The molecule has 2 heterocycles. The van der Waals surface area contributed by atoms with Gasteiger partial charge in [0, 0.05) is 13.1 Å². The molecule has 0 unspecified atom stereocenters. The van der Waals surface area contributed by atoms with Crippen LogP contribution in [-0.4, -0.2) is 44.3 Å². The molecule has 1 fully saturated rings. The van der Waals surface area contributed by atoms with Gasteiger partial charge in [0.2, 0.25) is 5.82 Å². The second kappa shape index (κ2) is 9.03. The van der Waals surface area contributed by atoms with Crippen molar-refractivity contribution in [3.63, 3.8) is 0 Å². The Morgan fingerprint density at radius 2 is 1.75 bits per heavy atom. The molecule has 1 saturated heterocycles. The zero-order chi connectivity index (χ0) is 21.1. The molecule has 0 atom stereocenters. The maximum atomic E-state index is 10.8. The van der Waals surface area contributed by atoms with E-state index in [1.54, 1.807) is 32.2 Å². The monoisotopic (exact) mass is 473 g/mol. The van der Waals surface area contributed by atoms with E-state index in [9.17, 15) is 13.0 Å². The first-order valence-electron chi connectivity index (χ1n) is 8.50. The predicted molar refractivity (Wildman–Crippen MR) is 108 cm³/mol. The van der Waals surface area contributed by atoms with Crippen molar-refractivity contribution in [3.05, 3.63) is 39.6 Å². The number of halogens is 1. The lowest BCUT2D eigenvalue weighted by Gasteiger charge is -2.27. The van der Waals surface area contributed by atoms with Gasteiger partial charge in [-0.3, -0.25) is 11.6 Å². The Kier molecular flexibility index (Phi) is 7.21. The van der Waals surface area contributed by atoms with Crippen LogP contribution in [0.4, 0.5) is 11.6 Å². The molecule has 0 radical (unpaired) electrons. The van der Waals surface area contributed by atoms with Gasteiger partial charge < -0.3 is 14.2 Å². The Bertz CT molecular complexity index is 939. The summed E-state index contributed by atoms with van der Waals surface area (Å²) in [7, 11) is -4.33. The van der Waals surface area contributed by atoms with E-state index in [4.69, 9.17) is 16.3 Å². The molecule has 154 valence electrons. The molecule has 0 saturated carbocycles. The number of aryl methyl sites for hydroxylation is 3. The smallest absolute Gasteiger partial charge is 0.339 e. The Morgan fingerprint density at radius 3 is 2.25 bits per heavy atom. The van der Waals surface area contributed by atoms with Crippen LogP contribution in [0, 0.1) is 20.8 Å². The SMILES string of the molecule is Cc1cc(C)c(S(=O)(=O)[O-])c(C)c1.Nc1c(N2CCOCC2)nc(Br)c[n+]1N. The molecule has 0 aliphatic carbocycles. The number of anilines is 2. The maximum absolute atomic E-state index is 10.8. The van der Waals surface area contributed by atoms with E-state index in [2.05, 4.69) is 25.8 Å². The average Bonchev–Trinajstić information content (AvgIpc) is 2.57. The lowest BCUT2D eigenvalue weighted by molar-refractivity contribution is -0.624. The van der Waals surface area contributed by atoms with E-state index < -0.39 is 10.1 Å². The topological polar surface area (TPSA) is 138 Å². The Labute approximate surface area is 173 Å². The third-order valence-electron chi connectivity index (χ3n) is 4.13. The van der Waals surface area contributed by atoms with Crippen molar-refractivity contribution >= 4 is 37.7 Å². The van der Waals surface area contributed by atoms with Crippen LogP contribution in [0.1, 0.15) is 16.7 Å². The first-order chi connectivity index (χ1) is 13.0. The number of hydrogen-bond donors (Lipinski definition) is 2. The summed E-state index contributed by atoms with van der Waals surface area (Å²) in [6.45, 7) is 8.08. The van der Waals surface area contributed by atoms with Crippen molar-refractivity contribution in [1.29, 1.82) is 0 Å². The Morgan fingerprint density at radius 1 is 1.21 bits per heavy atom. The number of nitrogens with two attached hydrogens (primary N) is 2. The maximum Gasteiger partial charge on any atom is 0.339 e. The van der Waals surface area contributed by atoms with E-state index >= 15 is 0 Å². The van der Waals surface area contributed by atoms with E-state index in [0.717, 1.165) is 18.7 Å². The number of aromatic nitrogens is 2. The fraction of sp³-hybridized carbons (Fsp3) is 0.412. The van der Waals surface area contributed by atoms with Gasteiger partial charge in [-0.25, -0.2) is 13.4 Å². The molecule has 0 spiro atoms. The van der Waals surface area contributed by atoms with Crippen molar-refractivity contribution in [3.8, 4) is 0 Å². The van der Waals surface area contributed by atoms with Crippen LogP contribution in [0.25, 0.3) is 0 Å². The second-order valence-electron chi connectivity index (χ2n) is 6.46. The highest BCUT2D eigenvalue weighted by atomic mass is 79.9. The number of benzene rings is 1. The zero-order valence-corrected chi connectivity index (χ0v) is 18.4. The van der Waals surface area contributed by atoms with Crippen LogP contribution in [-0.2, 0) is 14.9 Å². The molecule has 9 nitrogen and oxygen atoms in total. The van der Waals surface area contributed by atoms with E-state index in [1.807, 2.05) is 6.92 Å². The summed E-state index contributed by atoms with van der Waals surface area (Å²) in [5, 5.41) is 0. The van der Waals surface area contributed by atoms with Crippen LogP contribution in [0.5, 0.6) is 0 Å². The Balaban J connectivity index is 0.000000203. The number of ether oxygens (including phenoxy) is 1. The highest BCUT2D eigenvalue weighted by Crippen LogP contribution is 2.21. The normalized spacial score (nSPS) is 14.4. The first kappa shape index (κ1) is 22.3. The Hall–Kier alpha value is -1.95. The lowest BCUT2D eigenvalue weighted by atomic mass is 10.1. The summed E-state index contributed by atoms with van der Waals surface area (Å²) < 4.78 is 39.8. The second-order valence-corrected chi connectivity index (χ2v) is 8.59. The molecule has 28 heavy (non-hydrogen) atoms. The zero-order valence-electron chi connectivity index (χ0n) is 16.0. The van der Waals surface area contributed by atoms with Crippen molar-refractivity contribution in [2.75, 3.05) is 42.8 Å². The molecule has 3 rings (SSSR count). The number of hydrogen-bond acceptors (Lipinski definition) is 8. The number of morpholine rings is 1. The van der Waals surface area contributed by atoms with Gasteiger partial charge in [0.05, 0.1) is 18.1 Å². The van der Waals surface area contributed by atoms with Crippen molar-refractivity contribution < 1.29 is 22.4 Å². The van der Waals surface area contributed by atoms with Gasteiger partial charge in [-0.2, -0.15) is 0 Å². The summed E-state index contributed by atoms with van der Waals surface area (Å²) in [6, 6.07) is 3.38. The largest absolute Gasteiger partial charge is 0.744 e. The van der Waals surface area contributed by atoms with Crippen molar-refractivity contribution in [2.45, 2.75) is 25.7 Å². The van der Waals surface area contributed by atoms with Gasteiger partial charge in [0.1, 0.15) is 14.7 Å². The van der Waals surface area contributed by atoms with Crippen LogP contribution < -0.4 is 21.2 Å². The van der Waals surface area contributed by atoms with Crippen molar-refractivity contribution in [2.24, 2.45) is 0 Å². The van der Waals surface area contributed by atoms with Gasteiger partial charge in [0.15, 0.2) is 6.20 Å². The summed E-state index contributed by atoms with van der Waals surface area (Å²) in [4.78, 5) is 6.30. The molecule has 1 aliphatic rings. The summed E-state index contributed by atoms with van der Waals surface area (Å²) in [6.07, 6.45) is 1.62. The molecule has 1 aromatic carbocycles. The number of nitrogen functional groups attached to an aromatic ring is 2. The van der Waals surface area contributed by atoms with Gasteiger partial charge in [-0.15, -0.1) is 4.68 Å². The minimum Gasteiger partial charge on any atom is -0.744 e. The molecule has 2 aromatic rings. The molecule has 11 heteroatoms. The summed E-state index contributed by atoms with van der Waals surface area (Å²) in [5.41, 5.74) is 7.86. The van der Waals surface area contributed by atoms with E-state index in [-0.39, 0.29) is 4.90 Å². The first-order valence-corrected chi connectivity index (χ1v) is 10.7. The van der Waals surface area contributed by atoms with Gasteiger partial charge >= 0.3 is 5.82 Å².